The number of carbonyl (C=O) groups excluding carboxylic acids is 2. The molecule has 6 nitrogen and oxygen atoms in total. The van der Waals surface area contributed by atoms with E-state index in [9.17, 15) is 14.9 Å². The van der Waals surface area contributed by atoms with Gasteiger partial charge in [0.05, 0.1) is 17.8 Å². The highest BCUT2D eigenvalue weighted by molar-refractivity contribution is 6.27. The van der Waals surface area contributed by atoms with Gasteiger partial charge in [-0.1, -0.05) is 24.3 Å². The van der Waals surface area contributed by atoms with Gasteiger partial charge in [-0.25, -0.2) is 0 Å². The van der Waals surface area contributed by atoms with Crippen LogP contribution in [0.3, 0.4) is 0 Å². The fraction of sp³-hybridized carbons (Fsp3) is 0.0556. The number of rotatable bonds is 1. The highest BCUT2D eigenvalue weighted by Crippen LogP contribution is 2.43. The van der Waals surface area contributed by atoms with E-state index < -0.39 is 11.7 Å². The van der Waals surface area contributed by atoms with Crippen LogP contribution in [-0.4, -0.2) is 11.6 Å². The van der Waals surface area contributed by atoms with Crippen molar-refractivity contribution in [2.75, 3.05) is 0 Å². The molecule has 24 heavy (non-hydrogen) atoms. The molecule has 1 aliphatic heterocycles. The van der Waals surface area contributed by atoms with Gasteiger partial charge >= 0.3 is 0 Å². The molecule has 1 aliphatic carbocycles. The Morgan fingerprint density at radius 2 is 1.75 bits per heavy atom. The zero-order chi connectivity index (χ0) is 16.8. The van der Waals surface area contributed by atoms with Crippen LogP contribution >= 0.6 is 0 Å². The minimum Gasteiger partial charge on any atom is -0.468 e. The third kappa shape index (κ3) is 1.75. The van der Waals surface area contributed by atoms with Gasteiger partial charge in [0.15, 0.2) is 11.5 Å². The maximum absolute atomic E-state index is 13.0. The molecule has 0 amide bonds. The van der Waals surface area contributed by atoms with Crippen molar-refractivity contribution < 1.29 is 18.7 Å². The van der Waals surface area contributed by atoms with Gasteiger partial charge in [-0.15, -0.1) is 0 Å². The summed E-state index contributed by atoms with van der Waals surface area (Å²) >= 11 is 0. The second-order valence-electron chi connectivity index (χ2n) is 5.39. The van der Waals surface area contributed by atoms with E-state index in [1.54, 1.807) is 36.4 Å². The maximum Gasteiger partial charge on any atom is 0.229 e. The molecule has 6 heteroatoms. The van der Waals surface area contributed by atoms with Crippen molar-refractivity contribution in [1.82, 2.24) is 0 Å². The molecular formula is C18H10N2O4. The molecule has 1 aromatic carbocycles. The quantitative estimate of drug-likeness (QED) is 0.865. The summed E-state index contributed by atoms with van der Waals surface area (Å²) in [6.45, 7) is 0. The van der Waals surface area contributed by atoms with Crippen LogP contribution in [0, 0.1) is 11.3 Å². The fourth-order valence-electron chi connectivity index (χ4n) is 3.05. The van der Waals surface area contributed by atoms with Crippen molar-refractivity contribution in [2.45, 2.75) is 5.92 Å². The first-order valence-electron chi connectivity index (χ1n) is 7.17. The number of ether oxygens (including phenoxy) is 1. The van der Waals surface area contributed by atoms with E-state index in [0.29, 0.717) is 5.76 Å². The lowest BCUT2D eigenvalue weighted by atomic mass is 9.77. The molecule has 116 valence electrons. The average molecular weight is 318 g/mol. The Bertz CT molecular complexity index is 990. The highest BCUT2D eigenvalue weighted by Gasteiger charge is 2.44. The summed E-state index contributed by atoms with van der Waals surface area (Å²) in [6.07, 6.45) is 1.43. The predicted molar refractivity (Wildman–Crippen MR) is 81.5 cm³/mol. The molecule has 0 fully saturated rings. The Balaban J connectivity index is 1.99. The number of ketones is 2. The summed E-state index contributed by atoms with van der Waals surface area (Å²) in [5.74, 6) is -1.65. The van der Waals surface area contributed by atoms with Gasteiger partial charge in [-0.05, 0) is 12.1 Å². The van der Waals surface area contributed by atoms with Gasteiger partial charge in [0.25, 0.3) is 0 Å². The number of nitrogens with two attached hydrogens (primary N) is 1. The highest BCUT2D eigenvalue weighted by atomic mass is 16.5. The van der Waals surface area contributed by atoms with Gasteiger partial charge in [0.1, 0.15) is 17.4 Å². The number of carbonyl (C=O) groups is 2. The average Bonchev–Trinajstić information content (AvgIpc) is 3.13. The molecule has 2 aromatic rings. The van der Waals surface area contributed by atoms with Gasteiger partial charge in [0, 0.05) is 11.1 Å². The third-order valence-electron chi connectivity index (χ3n) is 4.11. The third-order valence-corrected chi connectivity index (χ3v) is 4.11. The number of furan rings is 1. The van der Waals surface area contributed by atoms with Gasteiger partial charge < -0.3 is 14.9 Å². The molecule has 2 heterocycles. The predicted octanol–water partition coefficient (Wildman–Crippen LogP) is 2.42. The minimum atomic E-state index is -0.862. The number of nitriles is 1. The van der Waals surface area contributed by atoms with Crippen molar-refractivity contribution in [2.24, 2.45) is 5.73 Å². The van der Waals surface area contributed by atoms with Crippen molar-refractivity contribution in [3.05, 3.63) is 82.3 Å². The van der Waals surface area contributed by atoms with Crippen LogP contribution in [0.2, 0.25) is 0 Å². The van der Waals surface area contributed by atoms with E-state index in [2.05, 4.69) is 0 Å². The van der Waals surface area contributed by atoms with Crippen LogP contribution in [0.4, 0.5) is 0 Å². The zero-order valence-electron chi connectivity index (χ0n) is 12.3. The fourth-order valence-corrected chi connectivity index (χ4v) is 3.05. The van der Waals surface area contributed by atoms with Crippen molar-refractivity contribution in [3.63, 3.8) is 0 Å². The summed E-state index contributed by atoms with van der Waals surface area (Å²) in [5, 5.41) is 9.44. The van der Waals surface area contributed by atoms with Crippen molar-refractivity contribution in [1.29, 1.82) is 5.26 Å². The Labute approximate surface area is 136 Å². The number of fused-ring (bicyclic) bond motifs is 1. The number of allylic oxidation sites excluding steroid dienone is 3. The van der Waals surface area contributed by atoms with Gasteiger partial charge in [-0.3, -0.25) is 9.59 Å². The lowest BCUT2D eigenvalue weighted by Gasteiger charge is -2.29. The first-order chi connectivity index (χ1) is 11.6. The standard InChI is InChI=1S/C18H10N2O4/c19-8-11-13(12-6-3-7-23-12)14-15(21)9-4-1-2-5-10(9)16(22)17(14)24-18(11)20/h1-7,13H,20H2/t13-/m1/s1. The van der Waals surface area contributed by atoms with Crippen LogP contribution in [0.5, 0.6) is 0 Å². The number of hydrogen-bond acceptors (Lipinski definition) is 6. The minimum absolute atomic E-state index is 0.0456. The lowest BCUT2D eigenvalue weighted by Crippen LogP contribution is -2.32. The van der Waals surface area contributed by atoms with Crippen LogP contribution < -0.4 is 5.73 Å². The first-order valence-corrected chi connectivity index (χ1v) is 7.17. The summed E-state index contributed by atoms with van der Waals surface area (Å²) < 4.78 is 10.7. The number of benzene rings is 1. The summed E-state index contributed by atoms with van der Waals surface area (Å²) in [7, 11) is 0. The Morgan fingerprint density at radius 3 is 2.38 bits per heavy atom. The Hall–Kier alpha value is -3.59. The van der Waals surface area contributed by atoms with E-state index >= 15 is 0 Å². The zero-order valence-corrected chi connectivity index (χ0v) is 12.3. The van der Waals surface area contributed by atoms with Crippen molar-refractivity contribution in [3.8, 4) is 6.07 Å². The molecule has 2 N–H and O–H groups in total. The summed E-state index contributed by atoms with van der Waals surface area (Å²) in [5.41, 5.74) is 6.48. The van der Waals surface area contributed by atoms with Crippen LogP contribution in [-0.2, 0) is 4.74 Å². The first kappa shape index (κ1) is 14.0. The van der Waals surface area contributed by atoms with Crippen LogP contribution in [0.15, 0.2) is 69.9 Å². The molecule has 4 rings (SSSR count). The molecule has 0 unspecified atom stereocenters. The topological polar surface area (TPSA) is 106 Å². The maximum atomic E-state index is 13.0. The lowest BCUT2D eigenvalue weighted by molar-refractivity contribution is 0.0895. The van der Waals surface area contributed by atoms with E-state index in [0.717, 1.165) is 0 Å². The van der Waals surface area contributed by atoms with Gasteiger partial charge in [0.2, 0.25) is 11.7 Å². The van der Waals surface area contributed by atoms with Crippen LogP contribution in [0.25, 0.3) is 0 Å². The number of Topliss-reactive ketones (excluding diaryl/α,β-unsaturated/α-hetero) is 2. The molecule has 0 spiro atoms. The molecular weight excluding hydrogens is 308 g/mol. The summed E-state index contributed by atoms with van der Waals surface area (Å²) in [6, 6.07) is 11.7. The largest absolute Gasteiger partial charge is 0.468 e. The Kier molecular flexibility index (Phi) is 2.90. The molecule has 0 radical (unpaired) electrons. The Morgan fingerprint density at radius 1 is 1.04 bits per heavy atom. The number of nitrogens with zero attached hydrogens (tertiary/aromatic N) is 1. The number of hydrogen-bond donors (Lipinski definition) is 1. The van der Waals surface area contributed by atoms with Crippen LogP contribution in [0.1, 0.15) is 32.4 Å². The van der Waals surface area contributed by atoms with E-state index in [-0.39, 0.29) is 39.7 Å². The summed E-state index contributed by atoms with van der Waals surface area (Å²) in [4.78, 5) is 25.7. The molecule has 1 aromatic heterocycles. The van der Waals surface area contributed by atoms with E-state index in [1.165, 1.54) is 6.26 Å². The second-order valence-corrected chi connectivity index (χ2v) is 5.39. The van der Waals surface area contributed by atoms with E-state index in [1.807, 2.05) is 6.07 Å². The smallest absolute Gasteiger partial charge is 0.229 e. The second kappa shape index (κ2) is 4.96. The monoisotopic (exact) mass is 318 g/mol. The van der Waals surface area contributed by atoms with E-state index in [4.69, 9.17) is 14.9 Å². The normalized spacial score (nSPS) is 19.5. The molecule has 0 saturated carbocycles. The SMILES string of the molecule is N#CC1=C(N)OC2=C(C(=O)c3ccccc3C2=O)[C@H]1c1ccco1. The molecule has 1 atom stereocenters. The molecule has 0 saturated heterocycles. The van der Waals surface area contributed by atoms with Gasteiger partial charge in [-0.2, -0.15) is 5.26 Å². The molecule has 0 bridgehead atoms. The molecule has 2 aliphatic rings. The van der Waals surface area contributed by atoms with Crippen molar-refractivity contribution >= 4 is 11.6 Å².